The first kappa shape index (κ1) is 16.1. The molecule has 0 spiro atoms. The predicted molar refractivity (Wildman–Crippen MR) is 83.3 cm³/mol. The molecule has 5 heteroatoms. The van der Waals surface area contributed by atoms with Crippen molar-refractivity contribution in [1.82, 2.24) is 0 Å². The maximum absolute atomic E-state index is 11.4. The average molecular weight is 290 g/mol. The number of hydrogen-bond acceptors (Lipinski definition) is 3. The lowest BCUT2D eigenvalue weighted by molar-refractivity contribution is 0.00578. The highest BCUT2D eigenvalue weighted by atomic mass is 16.7. The predicted octanol–water partition coefficient (Wildman–Crippen LogP) is 2.61. The molecule has 114 valence electrons. The van der Waals surface area contributed by atoms with Crippen molar-refractivity contribution in [3.8, 4) is 0 Å². The molecule has 0 aliphatic carbocycles. The van der Waals surface area contributed by atoms with Gasteiger partial charge in [0.25, 0.3) is 0 Å². The van der Waals surface area contributed by atoms with Gasteiger partial charge in [-0.15, -0.1) is 0 Å². The Morgan fingerprint density at radius 2 is 1.48 bits per heavy atom. The Balaban J connectivity index is 2.54. The molecule has 0 unspecified atom stereocenters. The Morgan fingerprint density at radius 1 is 1.00 bits per heavy atom. The molecule has 0 radical (unpaired) electrons. The van der Waals surface area contributed by atoms with Crippen LogP contribution in [0.5, 0.6) is 0 Å². The number of hydrogen-bond donors (Lipinski definition) is 1. The van der Waals surface area contributed by atoms with Gasteiger partial charge in [0, 0.05) is 0 Å². The lowest BCUT2D eigenvalue weighted by Crippen LogP contribution is -2.41. The molecule has 1 aromatic rings. The van der Waals surface area contributed by atoms with Gasteiger partial charge in [0.1, 0.15) is 0 Å². The Bertz CT molecular complexity index is 589. The molecule has 0 saturated carbocycles. The third kappa shape index (κ3) is 2.49. The largest absolute Gasteiger partial charge is 0.495 e. The maximum Gasteiger partial charge on any atom is 0.495 e. The normalized spacial score (nSPS) is 19.9. The van der Waals surface area contributed by atoms with E-state index in [1.807, 2.05) is 48.5 Å². The van der Waals surface area contributed by atoms with Crippen molar-refractivity contribution in [2.45, 2.75) is 59.7 Å². The molecule has 0 aromatic heterocycles. The molecule has 0 bridgehead atoms. The van der Waals surface area contributed by atoms with Crippen LogP contribution in [0.3, 0.4) is 0 Å². The van der Waals surface area contributed by atoms with Crippen LogP contribution in [0.4, 0.5) is 0 Å². The van der Waals surface area contributed by atoms with Crippen LogP contribution >= 0.6 is 0 Å². The van der Waals surface area contributed by atoms with Crippen molar-refractivity contribution < 1.29 is 19.2 Å². The Hall–Kier alpha value is -1.33. The first-order valence-corrected chi connectivity index (χ1v) is 7.17. The average Bonchev–Trinajstić information content (AvgIpc) is 2.55. The van der Waals surface area contributed by atoms with Crippen LogP contribution in [-0.4, -0.2) is 29.4 Å². The molecule has 0 atom stereocenters. The number of aromatic carboxylic acids is 1. The van der Waals surface area contributed by atoms with E-state index in [0.29, 0.717) is 5.56 Å². The molecule has 2 rings (SSSR count). The second kappa shape index (κ2) is 4.85. The summed E-state index contributed by atoms with van der Waals surface area (Å²) in [6.45, 7) is 13.7. The molecule has 1 N–H and O–H groups in total. The monoisotopic (exact) mass is 290 g/mol. The van der Waals surface area contributed by atoms with Crippen LogP contribution in [0.1, 0.15) is 54.7 Å². The molecule has 1 aliphatic rings. The van der Waals surface area contributed by atoms with E-state index >= 15 is 0 Å². The van der Waals surface area contributed by atoms with Crippen molar-refractivity contribution in [1.29, 1.82) is 0 Å². The summed E-state index contributed by atoms with van der Waals surface area (Å²) >= 11 is 0. The van der Waals surface area contributed by atoms with Gasteiger partial charge in [0.2, 0.25) is 0 Å². The summed E-state index contributed by atoms with van der Waals surface area (Å²) in [7, 11) is -0.535. The van der Waals surface area contributed by atoms with E-state index in [4.69, 9.17) is 9.31 Å². The number of carboxylic acids is 1. The van der Waals surface area contributed by atoms with Gasteiger partial charge in [0.15, 0.2) is 0 Å². The van der Waals surface area contributed by atoms with E-state index < -0.39 is 24.3 Å². The van der Waals surface area contributed by atoms with Gasteiger partial charge >= 0.3 is 13.1 Å². The van der Waals surface area contributed by atoms with E-state index in [0.717, 1.165) is 22.2 Å². The first-order valence-electron chi connectivity index (χ1n) is 7.17. The van der Waals surface area contributed by atoms with Crippen LogP contribution < -0.4 is 5.46 Å². The Morgan fingerprint density at radius 3 is 1.90 bits per heavy atom. The van der Waals surface area contributed by atoms with Gasteiger partial charge in [-0.1, -0.05) is 0 Å². The summed E-state index contributed by atoms with van der Waals surface area (Å²) in [6.07, 6.45) is 0. The fraction of sp³-hybridized carbons (Fsp3) is 0.562. The van der Waals surface area contributed by atoms with E-state index in [-0.39, 0.29) is 0 Å². The molecule has 21 heavy (non-hydrogen) atoms. The molecular formula is C16H23BO4. The number of rotatable bonds is 2. The molecule has 4 nitrogen and oxygen atoms in total. The standard InChI is InChI=1S/C16H23BO4/c1-9-10(2)12(14(18)19)8-13(11(9)3)17-20-15(4,5)16(6,7)21-17/h8H,1-7H3,(H,18,19). The van der Waals surface area contributed by atoms with Crippen LogP contribution in [0.2, 0.25) is 0 Å². The van der Waals surface area contributed by atoms with Crippen molar-refractivity contribution >= 4 is 18.6 Å². The third-order valence-corrected chi connectivity index (χ3v) is 5.00. The molecule has 0 amide bonds. The summed E-state index contributed by atoms with van der Waals surface area (Å²) in [5, 5.41) is 9.37. The topological polar surface area (TPSA) is 55.8 Å². The zero-order valence-corrected chi connectivity index (χ0v) is 13.8. The van der Waals surface area contributed by atoms with Crippen LogP contribution in [0, 0.1) is 20.8 Å². The molecule has 1 aliphatic heterocycles. The summed E-state index contributed by atoms with van der Waals surface area (Å²) in [5.41, 5.74) is 3.02. The van der Waals surface area contributed by atoms with Crippen molar-refractivity contribution in [2.75, 3.05) is 0 Å². The van der Waals surface area contributed by atoms with Gasteiger partial charge in [-0.3, -0.25) is 0 Å². The van der Waals surface area contributed by atoms with Gasteiger partial charge in [0.05, 0.1) is 16.8 Å². The van der Waals surface area contributed by atoms with E-state index in [1.165, 1.54) is 0 Å². The van der Waals surface area contributed by atoms with Gasteiger partial charge in [-0.25, -0.2) is 4.79 Å². The highest BCUT2D eigenvalue weighted by Crippen LogP contribution is 2.37. The highest BCUT2D eigenvalue weighted by molar-refractivity contribution is 6.62. The van der Waals surface area contributed by atoms with Gasteiger partial charge in [-0.2, -0.15) is 0 Å². The number of benzene rings is 1. The minimum absolute atomic E-state index is 0.308. The molecular weight excluding hydrogens is 267 g/mol. The molecule has 1 fully saturated rings. The molecule has 1 heterocycles. The van der Waals surface area contributed by atoms with Crippen molar-refractivity contribution in [3.05, 3.63) is 28.3 Å². The van der Waals surface area contributed by atoms with Gasteiger partial charge in [-0.05, 0) is 76.7 Å². The van der Waals surface area contributed by atoms with E-state index in [9.17, 15) is 9.90 Å². The Kier molecular flexibility index (Phi) is 3.71. The number of carboxylic acid groups (broad SMARTS) is 1. The quantitative estimate of drug-likeness (QED) is 0.851. The fourth-order valence-electron chi connectivity index (χ4n) is 2.51. The van der Waals surface area contributed by atoms with Crippen LogP contribution in [0.25, 0.3) is 0 Å². The van der Waals surface area contributed by atoms with E-state index in [2.05, 4.69) is 0 Å². The van der Waals surface area contributed by atoms with Crippen LogP contribution in [-0.2, 0) is 9.31 Å². The first-order chi connectivity index (χ1) is 9.48. The smallest absolute Gasteiger partial charge is 0.478 e. The summed E-state index contributed by atoms with van der Waals surface area (Å²) < 4.78 is 12.1. The SMILES string of the molecule is Cc1c(B2OC(C)(C)C(C)(C)O2)cc(C(=O)O)c(C)c1C. The second-order valence-corrected chi connectivity index (χ2v) is 6.78. The Labute approximate surface area is 126 Å². The fourth-order valence-corrected chi connectivity index (χ4v) is 2.51. The zero-order valence-electron chi connectivity index (χ0n) is 13.8. The third-order valence-electron chi connectivity index (χ3n) is 5.00. The molecule has 1 saturated heterocycles. The summed E-state index contributed by atoms with van der Waals surface area (Å²) in [5.74, 6) is -0.923. The van der Waals surface area contributed by atoms with Gasteiger partial charge < -0.3 is 14.4 Å². The summed E-state index contributed by atoms with van der Waals surface area (Å²) in [6, 6.07) is 1.68. The minimum Gasteiger partial charge on any atom is -0.478 e. The highest BCUT2D eigenvalue weighted by Gasteiger charge is 2.52. The van der Waals surface area contributed by atoms with E-state index in [1.54, 1.807) is 6.07 Å². The zero-order chi connectivity index (χ0) is 16.2. The van der Waals surface area contributed by atoms with Crippen molar-refractivity contribution in [3.63, 3.8) is 0 Å². The van der Waals surface area contributed by atoms with Crippen LogP contribution in [0.15, 0.2) is 6.07 Å². The summed E-state index contributed by atoms with van der Waals surface area (Å²) in [4.78, 5) is 11.4. The molecule has 1 aromatic carbocycles. The second-order valence-electron chi connectivity index (χ2n) is 6.78. The minimum atomic E-state index is -0.923. The maximum atomic E-state index is 11.4. The number of carbonyl (C=O) groups is 1. The lowest BCUT2D eigenvalue weighted by atomic mass is 9.73. The lowest BCUT2D eigenvalue weighted by Gasteiger charge is -2.32. The van der Waals surface area contributed by atoms with Crippen molar-refractivity contribution in [2.24, 2.45) is 0 Å².